The molecule has 8 heteroatoms. The summed E-state index contributed by atoms with van der Waals surface area (Å²) >= 11 is 0. The molecule has 1 aromatic rings. The molecule has 0 unspecified atom stereocenters. The third kappa shape index (κ3) is 13.9. The fourth-order valence-corrected chi connectivity index (χ4v) is 2.68. The van der Waals surface area contributed by atoms with Gasteiger partial charge in [-0.25, -0.2) is 4.79 Å². The summed E-state index contributed by atoms with van der Waals surface area (Å²) in [6, 6.07) is 8.85. The fourth-order valence-electron chi connectivity index (χ4n) is 2.68. The molecule has 0 bridgehead atoms. The number of carbonyl (C=O) groups is 2. The topological polar surface area (TPSA) is 105 Å². The molecule has 0 heterocycles. The molecule has 0 aromatic heterocycles. The molecule has 0 fully saturated rings. The number of hydrogen-bond donors (Lipinski definition) is 4. The van der Waals surface area contributed by atoms with Crippen LogP contribution in [0.3, 0.4) is 0 Å². The first-order valence-corrected chi connectivity index (χ1v) is 10.2. The van der Waals surface area contributed by atoms with Gasteiger partial charge in [0.15, 0.2) is 0 Å². The van der Waals surface area contributed by atoms with E-state index in [1.165, 1.54) is 0 Å². The Balaban J connectivity index is 0.00000784. The van der Waals surface area contributed by atoms with E-state index in [1.54, 1.807) is 0 Å². The Morgan fingerprint density at radius 1 is 1.03 bits per heavy atom. The number of ether oxygens (including phenoxy) is 1. The zero-order chi connectivity index (χ0) is 20.6. The first-order chi connectivity index (χ1) is 13.5. The molecule has 0 spiro atoms. The van der Waals surface area contributed by atoms with Gasteiger partial charge in [0.25, 0.3) is 0 Å². The number of nitrogens with one attached hydrogen (secondary N) is 3. The predicted octanol–water partition coefficient (Wildman–Crippen LogP) is 2.58. The van der Waals surface area contributed by atoms with E-state index in [2.05, 4.69) is 16.0 Å². The number of benzene rings is 1. The van der Waals surface area contributed by atoms with E-state index in [9.17, 15) is 9.59 Å². The summed E-state index contributed by atoms with van der Waals surface area (Å²) in [5.74, 6) is 0.0999. The summed E-state index contributed by atoms with van der Waals surface area (Å²) in [4.78, 5) is 24.5. The van der Waals surface area contributed by atoms with Gasteiger partial charge in [0.2, 0.25) is 5.91 Å². The minimum absolute atomic E-state index is 0. The summed E-state index contributed by atoms with van der Waals surface area (Å²) in [6.07, 6.45) is 2.90. The second-order valence-electron chi connectivity index (χ2n) is 7.28. The largest absolute Gasteiger partial charge is 0.445 e. The third-order valence-electron chi connectivity index (χ3n) is 4.17. The van der Waals surface area contributed by atoms with Crippen LogP contribution in [0.25, 0.3) is 0 Å². The minimum atomic E-state index is -0.596. The van der Waals surface area contributed by atoms with Crippen LogP contribution in [0.2, 0.25) is 0 Å². The van der Waals surface area contributed by atoms with Crippen molar-refractivity contribution in [2.75, 3.05) is 26.2 Å². The number of amides is 2. The molecule has 7 nitrogen and oxygen atoms in total. The van der Waals surface area contributed by atoms with Gasteiger partial charge in [-0.1, -0.05) is 44.2 Å². The quantitative estimate of drug-likeness (QED) is 0.341. The van der Waals surface area contributed by atoms with E-state index in [0.717, 1.165) is 44.5 Å². The Morgan fingerprint density at radius 2 is 1.72 bits per heavy atom. The SMILES string of the molecule is CC(C)C[C@H](NC(=O)OCc1ccccc1)C(=O)NCCCNCCCCN.Cl. The number of hydrogen-bond acceptors (Lipinski definition) is 5. The Bertz CT molecular complexity index is 558. The summed E-state index contributed by atoms with van der Waals surface area (Å²) in [6.45, 7) is 7.28. The van der Waals surface area contributed by atoms with Gasteiger partial charge in [-0.15, -0.1) is 12.4 Å². The molecule has 0 saturated carbocycles. The second-order valence-corrected chi connectivity index (χ2v) is 7.28. The van der Waals surface area contributed by atoms with Crippen molar-refractivity contribution in [3.63, 3.8) is 0 Å². The van der Waals surface area contributed by atoms with E-state index in [1.807, 2.05) is 44.2 Å². The second kappa shape index (κ2) is 17.1. The van der Waals surface area contributed by atoms with Crippen LogP contribution in [-0.4, -0.2) is 44.2 Å². The van der Waals surface area contributed by atoms with Crippen LogP contribution in [0.15, 0.2) is 30.3 Å². The van der Waals surface area contributed by atoms with Crippen LogP contribution >= 0.6 is 12.4 Å². The predicted molar refractivity (Wildman–Crippen MR) is 119 cm³/mol. The van der Waals surface area contributed by atoms with Gasteiger partial charge in [0.05, 0.1) is 0 Å². The molecule has 1 aromatic carbocycles. The van der Waals surface area contributed by atoms with Crippen molar-refractivity contribution < 1.29 is 14.3 Å². The highest BCUT2D eigenvalue weighted by atomic mass is 35.5. The minimum Gasteiger partial charge on any atom is -0.445 e. The van der Waals surface area contributed by atoms with Crippen LogP contribution < -0.4 is 21.7 Å². The van der Waals surface area contributed by atoms with Gasteiger partial charge in [-0.3, -0.25) is 4.79 Å². The highest BCUT2D eigenvalue weighted by molar-refractivity contribution is 5.85. The molecule has 2 amide bonds. The lowest BCUT2D eigenvalue weighted by molar-refractivity contribution is -0.123. The van der Waals surface area contributed by atoms with E-state index in [4.69, 9.17) is 10.5 Å². The molecule has 0 aliphatic heterocycles. The van der Waals surface area contributed by atoms with Crippen LogP contribution in [0, 0.1) is 5.92 Å². The number of alkyl carbamates (subject to hydrolysis) is 1. The molecule has 1 atom stereocenters. The van der Waals surface area contributed by atoms with Crippen molar-refractivity contribution in [1.82, 2.24) is 16.0 Å². The number of carbonyl (C=O) groups excluding carboxylic acids is 2. The highest BCUT2D eigenvalue weighted by Gasteiger charge is 2.22. The van der Waals surface area contributed by atoms with Crippen LogP contribution in [0.1, 0.15) is 45.1 Å². The summed E-state index contributed by atoms with van der Waals surface area (Å²) < 4.78 is 5.23. The molecule has 166 valence electrons. The Morgan fingerprint density at radius 3 is 2.38 bits per heavy atom. The number of unbranched alkanes of at least 4 members (excludes halogenated alkanes) is 1. The molecule has 5 N–H and O–H groups in total. The maximum atomic E-state index is 12.4. The fraction of sp³-hybridized carbons (Fsp3) is 0.619. The van der Waals surface area contributed by atoms with Crippen LogP contribution in [0.5, 0.6) is 0 Å². The average Bonchev–Trinajstić information content (AvgIpc) is 2.68. The van der Waals surface area contributed by atoms with Crippen molar-refractivity contribution in [3.05, 3.63) is 35.9 Å². The van der Waals surface area contributed by atoms with Crippen molar-refractivity contribution >= 4 is 24.4 Å². The zero-order valence-corrected chi connectivity index (χ0v) is 18.4. The lowest BCUT2D eigenvalue weighted by Gasteiger charge is -2.20. The van der Waals surface area contributed by atoms with Crippen LogP contribution in [0.4, 0.5) is 4.79 Å². The van der Waals surface area contributed by atoms with E-state index in [0.29, 0.717) is 13.0 Å². The summed E-state index contributed by atoms with van der Waals surface area (Å²) in [7, 11) is 0. The molecular formula is C21H37ClN4O3. The van der Waals surface area contributed by atoms with Gasteiger partial charge >= 0.3 is 6.09 Å². The molecule has 0 aliphatic carbocycles. The Kier molecular flexibility index (Phi) is 16.0. The van der Waals surface area contributed by atoms with E-state index in [-0.39, 0.29) is 30.8 Å². The van der Waals surface area contributed by atoms with Gasteiger partial charge in [-0.05, 0) is 56.8 Å². The number of rotatable bonds is 14. The molecule has 0 saturated heterocycles. The van der Waals surface area contributed by atoms with Gasteiger partial charge in [-0.2, -0.15) is 0 Å². The lowest BCUT2D eigenvalue weighted by atomic mass is 10.0. The van der Waals surface area contributed by atoms with Crippen molar-refractivity contribution in [2.24, 2.45) is 11.7 Å². The molecule has 0 radical (unpaired) electrons. The van der Waals surface area contributed by atoms with E-state index >= 15 is 0 Å². The normalized spacial score (nSPS) is 11.4. The highest BCUT2D eigenvalue weighted by Crippen LogP contribution is 2.06. The van der Waals surface area contributed by atoms with Gasteiger partial charge in [0.1, 0.15) is 12.6 Å². The summed E-state index contributed by atoms with van der Waals surface area (Å²) in [5, 5.41) is 8.92. The van der Waals surface area contributed by atoms with E-state index < -0.39 is 12.1 Å². The third-order valence-corrected chi connectivity index (χ3v) is 4.17. The number of halogens is 1. The van der Waals surface area contributed by atoms with Gasteiger partial charge < -0.3 is 26.4 Å². The lowest BCUT2D eigenvalue weighted by Crippen LogP contribution is -2.48. The first kappa shape index (κ1) is 27.2. The van der Waals surface area contributed by atoms with Crippen molar-refractivity contribution in [1.29, 1.82) is 0 Å². The number of nitrogens with two attached hydrogens (primary N) is 1. The molecule has 1 rings (SSSR count). The van der Waals surface area contributed by atoms with Gasteiger partial charge in [0, 0.05) is 6.54 Å². The zero-order valence-electron chi connectivity index (χ0n) is 17.6. The monoisotopic (exact) mass is 428 g/mol. The Hall–Kier alpha value is -1.83. The van der Waals surface area contributed by atoms with Crippen LogP contribution in [-0.2, 0) is 16.1 Å². The first-order valence-electron chi connectivity index (χ1n) is 10.2. The Labute approximate surface area is 180 Å². The van der Waals surface area contributed by atoms with Crippen molar-refractivity contribution in [2.45, 2.75) is 52.2 Å². The smallest absolute Gasteiger partial charge is 0.408 e. The van der Waals surface area contributed by atoms with Crippen molar-refractivity contribution in [3.8, 4) is 0 Å². The molecular weight excluding hydrogens is 392 g/mol. The summed E-state index contributed by atoms with van der Waals surface area (Å²) in [5.41, 5.74) is 6.36. The average molecular weight is 429 g/mol. The maximum Gasteiger partial charge on any atom is 0.408 e. The molecule has 0 aliphatic rings. The standard InChI is InChI=1S/C21H36N4O3.ClH/c1-17(2)15-19(20(26)24-14-8-13-23-12-7-6-11-22)25-21(27)28-16-18-9-4-3-5-10-18;/h3-5,9-10,17,19,23H,6-8,11-16,22H2,1-2H3,(H,24,26)(H,25,27);1H/t19-;/m0./s1. The molecule has 29 heavy (non-hydrogen) atoms. The maximum absolute atomic E-state index is 12.4.